The SMILES string of the molecule is O=C(COC(=O)CCC(=O)c1ccccc1)Nc1c(Cl)cc(Cl)cc1Cl. The maximum absolute atomic E-state index is 11.9. The summed E-state index contributed by atoms with van der Waals surface area (Å²) in [5.41, 5.74) is 0.697. The van der Waals surface area contributed by atoms with E-state index in [0.717, 1.165) is 0 Å². The van der Waals surface area contributed by atoms with Crippen LogP contribution < -0.4 is 5.32 Å². The Morgan fingerprint density at radius 1 is 0.923 bits per heavy atom. The summed E-state index contributed by atoms with van der Waals surface area (Å²) in [5.74, 6) is -1.44. The number of Topliss-reactive ketones (excluding diaryl/α,β-unsaturated/α-hetero) is 1. The highest BCUT2D eigenvalue weighted by Crippen LogP contribution is 2.33. The maximum Gasteiger partial charge on any atom is 0.306 e. The van der Waals surface area contributed by atoms with Crippen molar-refractivity contribution in [3.05, 3.63) is 63.1 Å². The predicted octanol–water partition coefficient (Wildman–Crippen LogP) is 4.79. The minimum Gasteiger partial charge on any atom is -0.456 e. The van der Waals surface area contributed by atoms with Gasteiger partial charge in [0.2, 0.25) is 0 Å². The van der Waals surface area contributed by atoms with Crippen LogP contribution in [-0.2, 0) is 14.3 Å². The first-order chi connectivity index (χ1) is 12.4. The van der Waals surface area contributed by atoms with Gasteiger partial charge in [0.1, 0.15) is 0 Å². The molecular formula is C18H14Cl3NO4. The molecule has 2 aromatic carbocycles. The summed E-state index contributed by atoms with van der Waals surface area (Å²) in [7, 11) is 0. The molecule has 0 fully saturated rings. The van der Waals surface area contributed by atoms with Gasteiger partial charge in [-0.15, -0.1) is 0 Å². The number of carbonyl (C=O) groups excluding carboxylic acids is 3. The Labute approximate surface area is 165 Å². The van der Waals surface area contributed by atoms with Crippen LogP contribution in [-0.4, -0.2) is 24.3 Å². The molecule has 0 saturated carbocycles. The van der Waals surface area contributed by atoms with Crippen LogP contribution in [0.25, 0.3) is 0 Å². The molecule has 0 saturated heterocycles. The molecule has 26 heavy (non-hydrogen) atoms. The minimum atomic E-state index is -0.655. The summed E-state index contributed by atoms with van der Waals surface area (Å²) in [5, 5.41) is 3.10. The molecular weight excluding hydrogens is 401 g/mol. The van der Waals surface area contributed by atoms with Crippen LogP contribution in [0, 0.1) is 0 Å². The summed E-state index contributed by atoms with van der Waals surface area (Å²) in [4.78, 5) is 35.5. The fourth-order valence-electron chi connectivity index (χ4n) is 2.04. The van der Waals surface area contributed by atoms with Crippen LogP contribution in [0.2, 0.25) is 15.1 Å². The minimum absolute atomic E-state index is 0.000688. The molecule has 0 radical (unpaired) electrons. The second kappa shape index (κ2) is 9.57. The standard InChI is InChI=1S/C18H14Cl3NO4/c19-12-8-13(20)18(14(21)9-12)22-16(24)10-26-17(25)7-6-15(23)11-4-2-1-3-5-11/h1-5,8-9H,6-7,10H2,(H,22,24). The number of carbonyl (C=O) groups is 3. The van der Waals surface area contributed by atoms with E-state index in [1.54, 1.807) is 30.3 Å². The quantitative estimate of drug-likeness (QED) is 0.522. The molecule has 1 N–H and O–H groups in total. The number of rotatable bonds is 7. The first kappa shape index (κ1) is 20.2. The lowest BCUT2D eigenvalue weighted by Crippen LogP contribution is -2.21. The second-order valence-corrected chi connectivity index (χ2v) is 6.49. The molecule has 0 atom stereocenters. The number of hydrogen-bond donors (Lipinski definition) is 1. The summed E-state index contributed by atoms with van der Waals surface area (Å²) >= 11 is 17.7. The molecule has 0 aliphatic carbocycles. The Kier molecular flexibility index (Phi) is 7.45. The number of anilines is 1. The van der Waals surface area contributed by atoms with Crippen LogP contribution in [0.4, 0.5) is 5.69 Å². The fraction of sp³-hybridized carbons (Fsp3) is 0.167. The van der Waals surface area contributed by atoms with Gasteiger partial charge in [-0.1, -0.05) is 65.1 Å². The van der Waals surface area contributed by atoms with E-state index >= 15 is 0 Å². The number of amides is 1. The monoisotopic (exact) mass is 413 g/mol. The number of hydrogen-bond acceptors (Lipinski definition) is 4. The fourth-order valence-corrected chi connectivity index (χ4v) is 2.95. The topological polar surface area (TPSA) is 72.5 Å². The van der Waals surface area contributed by atoms with Crippen molar-refractivity contribution in [3.8, 4) is 0 Å². The average molecular weight is 415 g/mol. The zero-order chi connectivity index (χ0) is 19.1. The van der Waals surface area contributed by atoms with Crippen molar-refractivity contribution in [2.45, 2.75) is 12.8 Å². The highest BCUT2D eigenvalue weighted by Gasteiger charge is 2.14. The Hall–Kier alpha value is -2.08. The Balaban J connectivity index is 1.79. The van der Waals surface area contributed by atoms with Gasteiger partial charge in [-0.2, -0.15) is 0 Å². The van der Waals surface area contributed by atoms with E-state index in [0.29, 0.717) is 10.6 Å². The van der Waals surface area contributed by atoms with Crippen molar-refractivity contribution < 1.29 is 19.1 Å². The van der Waals surface area contributed by atoms with E-state index in [9.17, 15) is 14.4 Å². The van der Waals surface area contributed by atoms with E-state index in [2.05, 4.69) is 5.32 Å². The highest BCUT2D eigenvalue weighted by atomic mass is 35.5. The molecule has 5 nitrogen and oxygen atoms in total. The number of esters is 1. The van der Waals surface area contributed by atoms with Gasteiger partial charge >= 0.3 is 5.97 Å². The normalized spacial score (nSPS) is 10.3. The van der Waals surface area contributed by atoms with E-state index < -0.39 is 18.5 Å². The molecule has 0 aliphatic heterocycles. The molecule has 136 valence electrons. The zero-order valence-electron chi connectivity index (χ0n) is 13.4. The second-order valence-electron chi connectivity index (χ2n) is 5.24. The van der Waals surface area contributed by atoms with Gasteiger partial charge in [-0.3, -0.25) is 14.4 Å². The van der Waals surface area contributed by atoms with Gasteiger partial charge in [0.25, 0.3) is 5.91 Å². The third-order valence-electron chi connectivity index (χ3n) is 3.29. The summed E-state index contributed by atoms with van der Waals surface area (Å²) < 4.78 is 4.85. The number of benzene rings is 2. The molecule has 2 aromatic rings. The molecule has 0 spiro atoms. The maximum atomic E-state index is 11.9. The van der Waals surface area contributed by atoms with E-state index in [4.69, 9.17) is 39.5 Å². The van der Waals surface area contributed by atoms with Gasteiger partial charge in [-0.05, 0) is 12.1 Å². The van der Waals surface area contributed by atoms with Gasteiger partial charge in [0, 0.05) is 17.0 Å². The van der Waals surface area contributed by atoms with Crippen LogP contribution in [0.3, 0.4) is 0 Å². The van der Waals surface area contributed by atoms with Gasteiger partial charge in [0.05, 0.1) is 22.2 Å². The summed E-state index contributed by atoms with van der Waals surface area (Å²) in [6.07, 6.45) is -0.122. The molecule has 2 rings (SSSR count). The lowest BCUT2D eigenvalue weighted by molar-refractivity contribution is -0.147. The van der Waals surface area contributed by atoms with Crippen LogP contribution in [0.15, 0.2) is 42.5 Å². The smallest absolute Gasteiger partial charge is 0.306 e. The molecule has 0 aromatic heterocycles. The number of ether oxygens (including phenoxy) is 1. The van der Waals surface area contributed by atoms with E-state index in [1.807, 2.05) is 0 Å². The third kappa shape index (κ3) is 6.02. The molecule has 0 aliphatic rings. The first-order valence-electron chi connectivity index (χ1n) is 7.55. The lowest BCUT2D eigenvalue weighted by Gasteiger charge is -2.10. The van der Waals surface area contributed by atoms with E-state index in [1.165, 1.54) is 12.1 Å². The predicted molar refractivity (Wildman–Crippen MR) is 101 cm³/mol. The molecule has 0 heterocycles. The summed E-state index contributed by atoms with van der Waals surface area (Å²) in [6.45, 7) is -0.520. The molecule has 0 unspecified atom stereocenters. The number of nitrogens with one attached hydrogen (secondary N) is 1. The zero-order valence-corrected chi connectivity index (χ0v) is 15.7. The molecule has 0 bridgehead atoms. The summed E-state index contributed by atoms with van der Waals surface area (Å²) in [6, 6.07) is 11.5. The van der Waals surface area contributed by atoms with Crippen LogP contribution in [0.1, 0.15) is 23.2 Å². The van der Waals surface area contributed by atoms with Crippen LogP contribution in [0.5, 0.6) is 0 Å². The van der Waals surface area contributed by atoms with Gasteiger partial charge in [-0.25, -0.2) is 0 Å². The highest BCUT2D eigenvalue weighted by molar-refractivity contribution is 6.42. The van der Waals surface area contributed by atoms with Crippen molar-refractivity contribution in [1.29, 1.82) is 0 Å². The number of halogens is 3. The van der Waals surface area contributed by atoms with Crippen molar-refractivity contribution >= 4 is 58.1 Å². The molecule has 1 amide bonds. The Morgan fingerprint density at radius 3 is 2.15 bits per heavy atom. The van der Waals surface area contributed by atoms with Gasteiger partial charge in [0.15, 0.2) is 12.4 Å². The molecule has 8 heteroatoms. The third-order valence-corrected chi connectivity index (χ3v) is 4.10. The van der Waals surface area contributed by atoms with Crippen molar-refractivity contribution in [3.63, 3.8) is 0 Å². The van der Waals surface area contributed by atoms with Crippen molar-refractivity contribution in [2.24, 2.45) is 0 Å². The average Bonchev–Trinajstić information content (AvgIpc) is 2.61. The van der Waals surface area contributed by atoms with Gasteiger partial charge < -0.3 is 10.1 Å². The van der Waals surface area contributed by atoms with Crippen molar-refractivity contribution in [1.82, 2.24) is 0 Å². The van der Waals surface area contributed by atoms with Crippen LogP contribution >= 0.6 is 34.8 Å². The first-order valence-corrected chi connectivity index (χ1v) is 8.68. The Bertz CT molecular complexity index is 801. The largest absolute Gasteiger partial charge is 0.456 e. The lowest BCUT2D eigenvalue weighted by atomic mass is 10.1. The van der Waals surface area contributed by atoms with E-state index in [-0.39, 0.29) is 34.4 Å². The number of ketones is 1. The van der Waals surface area contributed by atoms with Crippen molar-refractivity contribution in [2.75, 3.05) is 11.9 Å². The Morgan fingerprint density at radius 2 is 1.54 bits per heavy atom.